The predicted octanol–water partition coefficient (Wildman–Crippen LogP) is 1.53. The minimum absolute atomic E-state index is 0.228. The van der Waals surface area contributed by atoms with Crippen LogP contribution in [0.3, 0.4) is 0 Å². The molecule has 7 nitrogen and oxygen atoms in total. The molecule has 1 aliphatic heterocycles. The number of rotatable bonds is 8. The van der Waals surface area contributed by atoms with Crippen LogP contribution >= 0.6 is 0 Å². The van der Waals surface area contributed by atoms with E-state index in [1.54, 1.807) is 12.1 Å². The number of hydrogen-bond acceptors (Lipinski definition) is 5. The molecule has 1 aromatic rings. The number of likely N-dealkylation sites (tertiary alicyclic amines) is 1. The van der Waals surface area contributed by atoms with Gasteiger partial charge in [-0.05, 0) is 44.0 Å². The van der Waals surface area contributed by atoms with E-state index in [1.807, 2.05) is 31.2 Å². The molecule has 0 saturated carbocycles. The molecule has 27 heavy (non-hydrogen) atoms. The van der Waals surface area contributed by atoms with E-state index >= 15 is 0 Å². The largest absolute Gasteiger partial charge is 0.494 e. The number of nitrogens with zero attached hydrogens (tertiary/aromatic N) is 1. The van der Waals surface area contributed by atoms with Crippen LogP contribution in [0.2, 0.25) is 0 Å². The molecule has 1 fully saturated rings. The topological polar surface area (TPSA) is 84.9 Å². The number of allylic oxidation sites excluding steroid dienone is 2. The molecule has 0 aromatic heterocycles. The molecule has 1 N–H and O–H groups in total. The number of amides is 3. The van der Waals surface area contributed by atoms with Crippen molar-refractivity contribution in [1.82, 2.24) is 10.2 Å². The maximum Gasteiger partial charge on any atom is 0.240 e. The zero-order valence-electron chi connectivity index (χ0n) is 15.3. The van der Waals surface area contributed by atoms with Crippen molar-refractivity contribution in [2.45, 2.75) is 19.8 Å². The Hall–Kier alpha value is -2.83. The van der Waals surface area contributed by atoms with E-state index in [-0.39, 0.29) is 49.3 Å². The van der Waals surface area contributed by atoms with Crippen LogP contribution in [-0.2, 0) is 14.4 Å². The second-order valence-corrected chi connectivity index (χ2v) is 6.52. The number of carbonyl (C=O) groups is 3. The van der Waals surface area contributed by atoms with Crippen molar-refractivity contribution in [3.8, 4) is 11.5 Å². The zero-order chi connectivity index (χ0) is 19.2. The molecule has 7 heteroatoms. The number of carbonyl (C=O) groups excluding carboxylic acids is 3. The van der Waals surface area contributed by atoms with Crippen molar-refractivity contribution < 1.29 is 23.9 Å². The van der Waals surface area contributed by atoms with Crippen LogP contribution in [0.5, 0.6) is 11.5 Å². The van der Waals surface area contributed by atoms with Crippen LogP contribution in [0, 0.1) is 11.8 Å². The Morgan fingerprint density at radius 2 is 1.59 bits per heavy atom. The first kappa shape index (κ1) is 18.9. The lowest BCUT2D eigenvalue weighted by Crippen LogP contribution is -2.42. The summed E-state index contributed by atoms with van der Waals surface area (Å²) in [6.07, 6.45) is 4.99. The van der Waals surface area contributed by atoms with Gasteiger partial charge in [-0.2, -0.15) is 0 Å². The van der Waals surface area contributed by atoms with E-state index in [0.29, 0.717) is 25.2 Å². The fourth-order valence-corrected chi connectivity index (χ4v) is 3.38. The van der Waals surface area contributed by atoms with E-state index < -0.39 is 0 Å². The highest BCUT2D eigenvalue weighted by Crippen LogP contribution is 2.34. The van der Waals surface area contributed by atoms with Gasteiger partial charge in [-0.1, -0.05) is 12.2 Å². The van der Waals surface area contributed by atoms with E-state index in [2.05, 4.69) is 5.32 Å². The maximum atomic E-state index is 12.3. The van der Waals surface area contributed by atoms with E-state index in [9.17, 15) is 14.4 Å². The smallest absolute Gasteiger partial charge is 0.240 e. The van der Waals surface area contributed by atoms with Crippen LogP contribution in [0.4, 0.5) is 0 Å². The standard InChI is InChI=1S/C20H24N2O5/c1-2-26-14-7-9-15(10-8-14)27-12-11-21-18(23)13-22-19(24)16-5-3-4-6-17(16)20(22)25/h3-4,7-10,16-17H,2,5-6,11-13H2,1H3,(H,21,23)/t16-,17-/m0/s1. The van der Waals surface area contributed by atoms with Crippen LogP contribution < -0.4 is 14.8 Å². The molecular weight excluding hydrogens is 348 g/mol. The first-order chi connectivity index (χ1) is 13.1. The van der Waals surface area contributed by atoms with Gasteiger partial charge in [0.25, 0.3) is 0 Å². The van der Waals surface area contributed by atoms with Crippen LogP contribution in [0.15, 0.2) is 36.4 Å². The Balaban J connectivity index is 1.40. The lowest BCUT2D eigenvalue weighted by atomic mass is 9.85. The third-order valence-corrected chi connectivity index (χ3v) is 4.73. The molecule has 1 aromatic carbocycles. The van der Waals surface area contributed by atoms with Gasteiger partial charge in [0.1, 0.15) is 24.7 Å². The summed E-state index contributed by atoms with van der Waals surface area (Å²) in [5, 5.41) is 2.68. The number of hydrogen-bond donors (Lipinski definition) is 1. The van der Waals surface area contributed by atoms with Crippen molar-refractivity contribution >= 4 is 17.7 Å². The summed E-state index contributed by atoms with van der Waals surface area (Å²) in [4.78, 5) is 37.8. The molecule has 0 spiro atoms. The number of benzene rings is 1. The number of fused-ring (bicyclic) bond motifs is 1. The van der Waals surface area contributed by atoms with Crippen molar-refractivity contribution in [3.05, 3.63) is 36.4 Å². The summed E-state index contributed by atoms with van der Waals surface area (Å²) in [5.41, 5.74) is 0. The highest BCUT2D eigenvalue weighted by Gasteiger charge is 2.47. The van der Waals surface area contributed by atoms with E-state index in [0.717, 1.165) is 10.6 Å². The molecule has 1 saturated heterocycles. The fraction of sp³-hybridized carbons (Fsp3) is 0.450. The third-order valence-electron chi connectivity index (χ3n) is 4.73. The van der Waals surface area contributed by atoms with Gasteiger partial charge in [-0.25, -0.2) is 0 Å². The van der Waals surface area contributed by atoms with Crippen LogP contribution in [0.1, 0.15) is 19.8 Å². The predicted molar refractivity (Wildman–Crippen MR) is 98.2 cm³/mol. The molecule has 0 radical (unpaired) electrons. The Labute approximate surface area is 158 Å². The Kier molecular flexibility index (Phi) is 6.11. The molecule has 3 amide bonds. The highest BCUT2D eigenvalue weighted by atomic mass is 16.5. The number of nitrogens with one attached hydrogen (secondary N) is 1. The van der Waals surface area contributed by atoms with Crippen molar-refractivity contribution in [2.24, 2.45) is 11.8 Å². The maximum absolute atomic E-state index is 12.3. The normalized spacial score (nSPS) is 21.1. The van der Waals surface area contributed by atoms with Gasteiger partial charge in [-0.15, -0.1) is 0 Å². The molecule has 144 valence electrons. The van der Waals surface area contributed by atoms with Crippen molar-refractivity contribution in [3.63, 3.8) is 0 Å². The summed E-state index contributed by atoms with van der Waals surface area (Å²) in [7, 11) is 0. The molecule has 1 aliphatic carbocycles. The van der Waals surface area contributed by atoms with Gasteiger partial charge in [-0.3, -0.25) is 19.3 Å². The highest BCUT2D eigenvalue weighted by molar-refractivity contribution is 6.07. The SMILES string of the molecule is CCOc1ccc(OCCNC(=O)CN2C(=O)[C@H]3CC=CC[C@@H]3C2=O)cc1. The molecule has 3 rings (SSSR count). The molecule has 1 heterocycles. The summed E-state index contributed by atoms with van der Waals surface area (Å²) in [6.45, 7) is 2.87. The Bertz CT molecular complexity index is 702. The number of imide groups is 1. The molecule has 0 unspecified atom stereocenters. The third kappa shape index (κ3) is 4.48. The summed E-state index contributed by atoms with van der Waals surface area (Å²) >= 11 is 0. The van der Waals surface area contributed by atoms with Crippen molar-refractivity contribution in [1.29, 1.82) is 0 Å². The lowest BCUT2D eigenvalue weighted by Gasteiger charge is -2.14. The van der Waals surface area contributed by atoms with Crippen LogP contribution in [0.25, 0.3) is 0 Å². The number of ether oxygens (including phenoxy) is 2. The van der Waals surface area contributed by atoms with Crippen LogP contribution in [-0.4, -0.2) is 48.9 Å². The fourth-order valence-electron chi connectivity index (χ4n) is 3.38. The monoisotopic (exact) mass is 372 g/mol. The molecule has 0 bridgehead atoms. The average Bonchev–Trinajstić information content (AvgIpc) is 2.92. The average molecular weight is 372 g/mol. The minimum atomic E-state index is -0.362. The minimum Gasteiger partial charge on any atom is -0.494 e. The van der Waals surface area contributed by atoms with Crippen molar-refractivity contribution in [2.75, 3.05) is 26.3 Å². The molecular formula is C20H24N2O5. The lowest BCUT2D eigenvalue weighted by molar-refractivity contribution is -0.143. The first-order valence-corrected chi connectivity index (χ1v) is 9.22. The quantitative estimate of drug-likeness (QED) is 0.425. The van der Waals surface area contributed by atoms with E-state index in [4.69, 9.17) is 9.47 Å². The second kappa shape index (κ2) is 8.70. The van der Waals surface area contributed by atoms with Gasteiger partial charge >= 0.3 is 0 Å². The molecule has 2 aliphatic rings. The Morgan fingerprint density at radius 1 is 1.04 bits per heavy atom. The van der Waals surface area contributed by atoms with Gasteiger partial charge in [0.2, 0.25) is 17.7 Å². The summed E-state index contributed by atoms with van der Waals surface area (Å²) < 4.78 is 10.9. The molecule has 2 atom stereocenters. The van der Waals surface area contributed by atoms with Gasteiger partial charge in [0, 0.05) is 0 Å². The zero-order valence-corrected chi connectivity index (χ0v) is 15.3. The van der Waals surface area contributed by atoms with E-state index in [1.165, 1.54) is 0 Å². The Morgan fingerprint density at radius 3 is 2.15 bits per heavy atom. The van der Waals surface area contributed by atoms with Gasteiger partial charge < -0.3 is 14.8 Å². The summed E-state index contributed by atoms with van der Waals surface area (Å²) in [6, 6.07) is 7.22. The second-order valence-electron chi connectivity index (χ2n) is 6.52. The summed E-state index contributed by atoms with van der Waals surface area (Å²) in [5.74, 6) is -0.0106. The van der Waals surface area contributed by atoms with Gasteiger partial charge in [0.05, 0.1) is 25.0 Å². The van der Waals surface area contributed by atoms with Gasteiger partial charge in [0.15, 0.2) is 0 Å². The first-order valence-electron chi connectivity index (χ1n) is 9.22.